The molecule has 13 heteroatoms. The number of anilines is 3. The zero-order valence-corrected chi connectivity index (χ0v) is 19.1. The molecule has 4 rings (SSSR count). The fourth-order valence-corrected chi connectivity index (χ4v) is 4.50. The average Bonchev–Trinajstić information content (AvgIpc) is 3.17. The van der Waals surface area contributed by atoms with Gasteiger partial charge in [-0.25, -0.2) is 18.7 Å². The highest BCUT2D eigenvalue weighted by atomic mass is 32.2. The summed E-state index contributed by atoms with van der Waals surface area (Å²) in [5, 5.41) is 5.43. The first-order valence-corrected chi connectivity index (χ1v) is 11.5. The Morgan fingerprint density at radius 3 is 2.65 bits per heavy atom. The van der Waals surface area contributed by atoms with Gasteiger partial charge in [0.05, 0.1) is 16.0 Å². The van der Waals surface area contributed by atoms with Gasteiger partial charge in [0.1, 0.15) is 5.69 Å². The van der Waals surface area contributed by atoms with Gasteiger partial charge in [-0.3, -0.25) is 19.4 Å². The summed E-state index contributed by atoms with van der Waals surface area (Å²) in [7, 11) is 0. The maximum absolute atomic E-state index is 13.3. The van der Waals surface area contributed by atoms with Crippen LogP contribution in [0.15, 0.2) is 46.3 Å². The van der Waals surface area contributed by atoms with Crippen LogP contribution >= 0.6 is 23.1 Å². The number of thiazole rings is 1. The molecule has 0 spiro atoms. The van der Waals surface area contributed by atoms with E-state index in [1.807, 2.05) is 25.1 Å². The minimum absolute atomic E-state index is 0.0587. The Morgan fingerprint density at radius 2 is 1.91 bits per heavy atom. The molecule has 2 aromatic heterocycles. The molecular weight excluding hydrogens is 486 g/mol. The second-order valence-electron chi connectivity index (χ2n) is 7.04. The second-order valence-corrected chi connectivity index (χ2v) is 9.04. The quantitative estimate of drug-likeness (QED) is 0.233. The predicted molar refractivity (Wildman–Crippen MR) is 127 cm³/mol. The number of carbonyl (C=O) groups excluding carboxylic acids is 2. The number of aryl methyl sites for hydroxylation is 1. The number of aromatic nitrogens is 3. The van der Waals surface area contributed by atoms with Crippen LogP contribution < -0.4 is 21.9 Å². The molecule has 0 saturated carbocycles. The van der Waals surface area contributed by atoms with Crippen molar-refractivity contribution in [3.63, 3.8) is 0 Å². The van der Waals surface area contributed by atoms with E-state index in [1.165, 1.54) is 11.3 Å². The van der Waals surface area contributed by atoms with Crippen molar-refractivity contribution in [2.45, 2.75) is 12.1 Å². The minimum atomic E-state index is -1.21. The van der Waals surface area contributed by atoms with Gasteiger partial charge >= 0.3 is 0 Å². The third-order valence-corrected chi connectivity index (χ3v) is 6.28. The fourth-order valence-electron chi connectivity index (χ4n) is 2.86. The minimum Gasteiger partial charge on any atom is -0.382 e. The third-order valence-electron chi connectivity index (χ3n) is 4.48. The van der Waals surface area contributed by atoms with Crippen molar-refractivity contribution >= 4 is 61.8 Å². The first-order valence-electron chi connectivity index (χ1n) is 9.65. The van der Waals surface area contributed by atoms with Gasteiger partial charge in [-0.1, -0.05) is 29.2 Å². The van der Waals surface area contributed by atoms with E-state index in [2.05, 4.69) is 25.6 Å². The normalized spacial score (nSPS) is 10.9. The summed E-state index contributed by atoms with van der Waals surface area (Å²) < 4.78 is 27.3. The van der Waals surface area contributed by atoms with Crippen LogP contribution in [0.3, 0.4) is 0 Å². The smallest absolute Gasteiger partial charge is 0.277 e. The molecular formula is C21H16F2N6O3S2. The van der Waals surface area contributed by atoms with E-state index in [0.29, 0.717) is 11.2 Å². The van der Waals surface area contributed by atoms with E-state index in [9.17, 15) is 23.2 Å². The Kier molecular flexibility index (Phi) is 6.56. The number of fused-ring (bicyclic) bond motifs is 1. The van der Waals surface area contributed by atoms with Crippen molar-refractivity contribution in [3.8, 4) is 0 Å². The molecule has 2 amide bonds. The maximum Gasteiger partial charge on any atom is 0.277 e. The number of rotatable bonds is 6. The summed E-state index contributed by atoms with van der Waals surface area (Å²) in [4.78, 5) is 47.6. The van der Waals surface area contributed by atoms with E-state index in [4.69, 9.17) is 5.73 Å². The van der Waals surface area contributed by atoms with E-state index < -0.39 is 23.1 Å². The summed E-state index contributed by atoms with van der Waals surface area (Å²) in [6.07, 6.45) is 0. The molecule has 0 fully saturated rings. The first kappa shape index (κ1) is 23.3. The van der Waals surface area contributed by atoms with Crippen LogP contribution in [0, 0.1) is 18.6 Å². The number of nitrogens with one attached hydrogen (secondary N) is 3. The summed E-state index contributed by atoms with van der Waals surface area (Å²) in [6, 6.07) is 8.31. The SMILES string of the molecule is Cc1ccc2nc(NC(=O)CSc3nc(N)c(NC(=O)c4ccc(F)c(F)c4)c(=O)[nH]3)sc2c1. The highest BCUT2D eigenvalue weighted by molar-refractivity contribution is 7.99. The number of amides is 2. The molecule has 0 aliphatic carbocycles. The predicted octanol–water partition coefficient (Wildman–Crippen LogP) is 3.53. The summed E-state index contributed by atoms with van der Waals surface area (Å²) >= 11 is 2.27. The molecule has 4 aromatic rings. The highest BCUT2D eigenvalue weighted by Crippen LogP contribution is 2.27. The molecule has 9 nitrogen and oxygen atoms in total. The number of nitrogen functional groups attached to an aromatic ring is 1. The lowest BCUT2D eigenvalue weighted by Gasteiger charge is -2.08. The van der Waals surface area contributed by atoms with Crippen molar-refractivity contribution in [2.24, 2.45) is 0 Å². The van der Waals surface area contributed by atoms with Gasteiger partial charge in [-0.15, -0.1) is 0 Å². The molecule has 174 valence electrons. The van der Waals surface area contributed by atoms with Crippen LogP contribution in [0.2, 0.25) is 0 Å². The maximum atomic E-state index is 13.3. The number of H-pyrrole nitrogens is 1. The molecule has 2 heterocycles. The van der Waals surface area contributed by atoms with E-state index in [-0.39, 0.29) is 33.9 Å². The average molecular weight is 503 g/mol. The lowest BCUT2D eigenvalue weighted by molar-refractivity contribution is -0.113. The van der Waals surface area contributed by atoms with Gasteiger partial charge in [-0.2, -0.15) is 0 Å². The molecule has 0 bridgehead atoms. The second kappa shape index (κ2) is 9.57. The molecule has 0 radical (unpaired) electrons. The number of nitrogens with zero attached hydrogens (tertiary/aromatic N) is 2. The topological polar surface area (TPSA) is 143 Å². The number of halogens is 2. The number of aromatic amines is 1. The Morgan fingerprint density at radius 1 is 1.12 bits per heavy atom. The number of hydrogen-bond donors (Lipinski definition) is 4. The monoisotopic (exact) mass is 502 g/mol. The van der Waals surface area contributed by atoms with E-state index >= 15 is 0 Å². The van der Waals surface area contributed by atoms with E-state index in [1.54, 1.807) is 0 Å². The van der Waals surface area contributed by atoms with Crippen LogP contribution in [0.5, 0.6) is 0 Å². The zero-order chi connectivity index (χ0) is 24.4. The number of thioether (sulfide) groups is 1. The number of benzene rings is 2. The van der Waals surface area contributed by atoms with Crippen LogP contribution in [-0.4, -0.2) is 32.5 Å². The largest absolute Gasteiger partial charge is 0.382 e. The molecule has 0 saturated heterocycles. The lowest BCUT2D eigenvalue weighted by atomic mass is 10.2. The molecule has 2 aromatic carbocycles. The molecule has 0 atom stereocenters. The summed E-state index contributed by atoms with van der Waals surface area (Å²) in [5.41, 5.74) is 6.31. The van der Waals surface area contributed by atoms with Gasteiger partial charge in [0.2, 0.25) is 5.91 Å². The van der Waals surface area contributed by atoms with Crippen LogP contribution in [0.4, 0.5) is 25.4 Å². The van der Waals surface area contributed by atoms with Crippen molar-refractivity contribution < 1.29 is 18.4 Å². The third kappa shape index (κ3) is 5.21. The van der Waals surface area contributed by atoms with Crippen molar-refractivity contribution in [3.05, 3.63) is 69.5 Å². The Bertz CT molecular complexity index is 1490. The number of carbonyl (C=O) groups is 2. The lowest BCUT2D eigenvalue weighted by Crippen LogP contribution is -2.23. The van der Waals surface area contributed by atoms with Gasteiger partial charge in [0.25, 0.3) is 11.5 Å². The fraction of sp³-hybridized carbons (Fsp3) is 0.0952. The highest BCUT2D eigenvalue weighted by Gasteiger charge is 2.16. The molecule has 0 aliphatic rings. The van der Waals surface area contributed by atoms with Crippen molar-refractivity contribution in [2.75, 3.05) is 22.1 Å². The molecule has 34 heavy (non-hydrogen) atoms. The van der Waals surface area contributed by atoms with Gasteiger partial charge in [-0.05, 0) is 42.8 Å². The Hall–Kier alpha value is -3.84. The summed E-state index contributed by atoms with van der Waals surface area (Å²) in [6.45, 7) is 1.97. The first-order chi connectivity index (χ1) is 16.2. The Labute approximate surface area is 198 Å². The number of nitrogens with two attached hydrogens (primary N) is 1. The van der Waals surface area contributed by atoms with Gasteiger partial charge in [0.15, 0.2) is 27.7 Å². The van der Waals surface area contributed by atoms with Crippen molar-refractivity contribution in [1.82, 2.24) is 15.0 Å². The Balaban J connectivity index is 1.40. The number of hydrogen-bond acceptors (Lipinski definition) is 8. The van der Waals surface area contributed by atoms with Crippen LogP contribution in [-0.2, 0) is 4.79 Å². The van der Waals surface area contributed by atoms with Gasteiger partial charge < -0.3 is 16.4 Å². The molecule has 0 unspecified atom stereocenters. The summed E-state index contributed by atoms with van der Waals surface area (Å²) in [5.74, 6) is -3.94. The molecule has 0 aliphatic heterocycles. The van der Waals surface area contributed by atoms with Crippen LogP contribution in [0.1, 0.15) is 15.9 Å². The standard InChI is InChI=1S/C21H16F2N6O3S2/c1-9-2-5-13-14(6-9)34-21(25-13)26-15(30)8-33-20-28-17(24)16(19(32)29-20)27-18(31)10-3-4-11(22)12(23)7-10/h2-7H,8H2,1H3,(H,27,31)(H,25,26,30)(H3,24,28,29,32). The van der Waals surface area contributed by atoms with E-state index in [0.717, 1.165) is 39.7 Å². The van der Waals surface area contributed by atoms with Crippen LogP contribution in [0.25, 0.3) is 10.2 Å². The van der Waals surface area contributed by atoms with Gasteiger partial charge in [0, 0.05) is 5.56 Å². The molecule has 5 N–H and O–H groups in total. The zero-order valence-electron chi connectivity index (χ0n) is 17.4. The van der Waals surface area contributed by atoms with Crippen molar-refractivity contribution in [1.29, 1.82) is 0 Å².